The van der Waals surface area contributed by atoms with E-state index in [2.05, 4.69) is 49.9 Å². The summed E-state index contributed by atoms with van der Waals surface area (Å²) >= 11 is 12.4. The van der Waals surface area contributed by atoms with Gasteiger partial charge in [0.1, 0.15) is 0 Å². The van der Waals surface area contributed by atoms with Crippen LogP contribution in [0.25, 0.3) is 0 Å². The first-order chi connectivity index (χ1) is 26.0. The molecule has 6 fully saturated rings. The number of amides is 2. The third kappa shape index (κ3) is 9.83. The van der Waals surface area contributed by atoms with Gasteiger partial charge in [-0.25, -0.2) is 0 Å². The maximum atomic E-state index is 13.6. The first-order valence-corrected chi connectivity index (χ1v) is 22.3. The van der Waals surface area contributed by atoms with Crippen LogP contribution in [0.2, 0.25) is 10.0 Å². The molecule has 2 amide bonds. The fourth-order valence-electron chi connectivity index (χ4n) is 10.9. The number of hydrogen-bond acceptors (Lipinski definition) is 4. The second kappa shape index (κ2) is 19.2. The Balaban J connectivity index is 0.000000165. The van der Waals surface area contributed by atoms with Crippen molar-refractivity contribution in [3.8, 4) is 0 Å². The summed E-state index contributed by atoms with van der Waals surface area (Å²) in [6.45, 7) is 8.72. The third-order valence-corrected chi connectivity index (χ3v) is 14.6. The highest BCUT2D eigenvalue weighted by Gasteiger charge is 2.38. The Morgan fingerprint density at radius 2 is 0.906 bits per heavy atom. The molecule has 2 atom stereocenters. The van der Waals surface area contributed by atoms with Gasteiger partial charge in [0.25, 0.3) is 0 Å². The van der Waals surface area contributed by atoms with Crippen molar-refractivity contribution >= 4 is 35.0 Å². The number of carbonyl (C=O) groups excluding carboxylic acids is 2. The summed E-state index contributed by atoms with van der Waals surface area (Å²) in [6.07, 6.45) is 21.1. The minimum Gasteiger partial charge on any atom is -0.342 e. The van der Waals surface area contributed by atoms with Crippen LogP contribution in [0.15, 0.2) is 48.5 Å². The van der Waals surface area contributed by atoms with Crippen LogP contribution in [0.4, 0.5) is 0 Å². The average molecular weight is 764 g/mol. The Hall–Kier alpha value is -2.12. The molecule has 2 aromatic rings. The van der Waals surface area contributed by atoms with Gasteiger partial charge < -0.3 is 19.6 Å². The van der Waals surface area contributed by atoms with Crippen LogP contribution in [0.1, 0.15) is 132 Å². The number of nitrogens with zero attached hydrogens (tertiary/aromatic N) is 4. The zero-order valence-corrected chi connectivity index (χ0v) is 33.6. The first kappa shape index (κ1) is 39.1. The standard InChI is InChI=1S/C23H32Cl2N2O.C22H32N2O/c24-20-9-8-18(16-21(20)25)22(17-6-2-3-7-17)23(28)27-14-10-19(11-15-27)26-12-4-1-5-13-26;25-22(24-16-12-20(13-17-24)23-14-6-7-15-23)21(19-10-4-5-11-19)18-8-2-1-3-9-18/h8-9,16-17,19,22H,1-7,10-15H2;1-3,8-9,19-21H,4-7,10-17H2/t22-;/m1./s1. The van der Waals surface area contributed by atoms with Gasteiger partial charge in [-0.3, -0.25) is 9.59 Å². The summed E-state index contributed by atoms with van der Waals surface area (Å²) in [6, 6.07) is 17.7. The zero-order valence-electron chi connectivity index (χ0n) is 32.1. The third-order valence-electron chi connectivity index (χ3n) is 13.9. The number of benzene rings is 2. The minimum absolute atomic E-state index is 0.0659. The Bertz CT molecular complexity index is 1450. The van der Waals surface area contributed by atoms with Crippen molar-refractivity contribution in [3.63, 3.8) is 0 Å². The lowest BCUT2D eigenvalue weighted by Crippen LogP contribution is -2.49. The van der Waals surface area contributed by atoms with Gasteiger partial charge in [-0.2, -0.15) is 0 Å². The first-order valence-electron chi connectivity index (χ1n) is 21.5. The average Bonchev–Trinajstić information content (AvgIpc) is 4.04. The summed E-state index contributed by atoms with van der Waals surface area (Å²) in [5.74, 6) is 1.71. The molecule has 2 aromatic carbocycles. The van der Waals surface area contributed by atoms with Crippen molar-refractivity contribution in [2.45, 2.75) is 133 Å². The molecule has 0 radical (unpaired) electrons. The summed E-state index contributed by atoms with van der Waals surface area (Å²) in [5, 5.41) is 1.11. The normalized spacial score (nSPS) is 24.3. The zero-order chi connectivity index (χ0) is 36.6. The smallest absolute Gasteiger partial charge is 0.230 e. The van der Waals surface area contributed by atoms with Gasteiger partial charge in [-0.05, 0) is 138 Å². The van der Waals surface area contributed by atoms with Crippen molar-refractivity contribution < 1.29 is 9.59 Å². The van der Waals surface area contributed by atoms with Crippen molar-refractivity contribution in [2.24, 2.45) is 11.8 Å². The van der Waals surface area contributed by atoms with Crippen molar-refractivity contribution in [3.05, 3.63) is 69.7 Å². The highest BCUT2D eigenvalue weighted by molar-refractivity contribution is 6.42. The van der Waals surface area contributed by atoms with Crippen LogP contribution >= 0.6 is 23.2 Å². The van der Waals surface area contributed by atoms with E-state index in [4.69, 9.17) is 23.2 Å². The van der Waals surface area contributed by atoms with E-state index in [0.29, 0.717) is 45.8 Å². The molecule has 2 saturated carbocycles. The van der Waals surface area contributed by atoms with Crippen molar-refractivity contribution in [1.82, 2.24) is 19.6 Å². The van der Waals surface area contributed by atoms with Gasteiger partial charge in [0.15, 0.2) is 0 Å². The van der Waals surface area contributed by atoms with Crippen molar-refractivity contribution in [2.75, 3.05) is 52.4 Å². The molecular formula is C45H64Cl2N4O2. The predicted molar refractivity (Wildman–Crippen MR) is 218 cm³/mol. The maximum absolute atomic E-state index is 13.6. The number of halogens is 2. The van der Waals surface area contributed by atoms with Crippen LogP contribution in [0, 0.1) is 11.8 Å². The second-order valence-corrected chi connectivity index (χ2v) is 17.9. The SMILES string of the molecule is O=C(C(c1ccccc1)C1CCCC1)N1CCC(N2CCCC2)CC1.O=C([C@@H](c1ccc(Cl)c(Cl)c1)C1CCCC1)N1CCC(N2CCCCC2)CC1. The van der Waals surface area contributed by atoms with E-state index in [9.17, 15) is 9.59 Å². The topological polar surface area (TPSA) is 47.1 Å². The van der Waals surface area contributed by atoms with Crippen LogP contribution in [-0.4, -0.2) is 95.9 Å². The number of piperidine rings is 3. The van der Waals surface area contributed by atoms with E-state index in [1.165, 1.54) is 102 Å². The van der Waals surface area contributed by atoms with E-state index in [1.807, 2.05) is 18.2 Å². The van der Waals surface area contributed by atoms with E-state index in [1.54, 1.807) is 0 Å². The fourth-order valence-corrected chi connectivity index (χ4v) is 11.2. The molecule has 8 rings (SSSR count). The van der Waals surface area contributed by atoms with Gasteiger partial charge in [0.2, 0.25) is 11.8 Å². The molecule has 53 heavy (non-hydrogen) atoms. The number of likely N-dealkylation sites (tertiary alicyclic amines) is 4. The Labute approximate surface area is 329 Å². The summed E-state index contributed by atoms with van der Waals surface area (Å²) in [4.78, 5) is 36.7. The van der Waals surface area contributed by atoms with Gasteiger partial charge in [0, 0.05) is 38.3 Å². The lowest BCUT2D eigenvalue weighted by Gasteiger charge is -2.41. The van der Waals surface area contributed by atoms with Crippen LogP contribution in [0.5, 0.6) is 0 Å². The van der Waals surface area contributed by atoms with E-state index >= 15 is 0 Å². The summed E-state index contributed by atoms with van der Waals surface area (Å²) in [7, 11) is 0. The molecule has 1 unspecified atom stereocenters. The number of carbonyl (C=O) groups is 2. The van der Waals surface area contributed by atoms with Crippen molar-refractivity contribution in [1.29, 1.82) is 0 Å². The van der Waals surface area contributed by atoms with E-state index in [-0.39, 0.29) is 11.8 Å². The molecule has 0 bridgehead atoms. The molecule has 290 valence electrons. The lowest BCUT2D eigenvalue weighted by atomic mass is 9.83. The van der Waals surface area contributed by atoms with Crippen LogP contribution < -0.4 is 0 Å². The molecule has 6 aliphatic rings. The minimum atomic E-state index is -0.0659. The highest BCUT2D eigenvalue weighted by Crippen LogP contribution is 2.41. The molecule has 4 saturated heterocycles. The number of rotatable bonds is 8. The molecule has 4 aliphatic heterocycles. The Kier molecular flexibility index (Phi) is 14.1. The van der Waals surface area contributed by atoms with Gasteiger partial charge in [-0.15, -0.1) is 0 Å². The second-order valence-electron chi connectivity index (χ2n) is 17.1. The van der Waals surface area contributed by atoms with Gasteiger partial charge >= 0.3 is 0 Å². The molecule has 0 aromatic heterocycles. The highest BCUT2D eigenvalue weighted by atomic mass is 35.5. The van der Waals surface area contributed by atoms with Gasteiger partial charge in [0.05, 0.1) is 21.9 Å². The van der Waals surface area contributed by atoms with Crippen LogP contribution in [-0.2, 0) is 9.59 Å². The number of hydrogen-bond donors (Lipinski definition) is 0. The molecule has 4 heterocycles. The molecular weight excluding hydrogens is 699 g/mol. The molecule has 0 N–H and O–H groups in total. The quantitative estimate of drug-likeness (QED) is 0.269. The van der Waals surface area contributed by atoms with E-state index < -0.39 is 0 Å². The van der Waals surface area contributed by atoms with Crippen LogP contribution in [0.3, 0.4) is 0 Å². The van der Waals surface area contributed by atoms with E-state index in [0.717, 1.165) is 70.3 Å². The molecule has 8 heteroatoms. The fraction of sp³-hybridized carbons (Fsp3) is 0.689. The molecule has 2 aliphatic carbocycles. The largest absolute Gasteiger partial charge is 0.342 e. The Morgan fingerprint density at radius 3 is 1.36 bits per heavy atom. The molecule has 6 nitrogen and oxygen atoms in total. The summed E-state index contributed by atoms with van der Waals surface area (Å²) in [5.41, 5.74) is 2.28. The molecule has 0 spiro atoms. The summed E-state index contributed by atoms with van der Waals surface area (Å²) < 4.78 is 0. The van der Waals surface area contributed by atoms with Gasteiger partial charge in [-0.1, -0.05) is 91.7 Å². The Morgan fingerprint density at radius 1 is 0.472 bits per heavy atom. The predicted octanol–water partition coefficient (Wildman–Crippen LogP) is 9.79. The lowest BCUT2D eigenvalue weighted by molar-refractivity contribution is -0.136. The monoisotopic (exact) mass is 762 g/mol. The maximum Gasteiger partial charge on any atom is 0.230 e.